The first-order valence-electron chi connectivity index (χ1n) is 6.61. The highest BCUT2D eigenvalue weighted by atomic mass is 16.4. The number of likely N-dealkylation sites (tertiary alicyclic amines) is 1. The van der Waals surface area contributed by atoms with Crippen LogP contribution in [0.4, 0.5) is 0 Å². The molecule has 1 fully saturated rings. The van der Waals surface area contributed by atoms with Crippen molar-refractivity contribution in [1.82, 2.24) is 10.2 Å². The molecule has 0 radical (unpaired) electrons. The number of aliphatic carboxylic acids is 1. The molecular weight excluding hydrogens is 248 g/mol. The lowest BCUT2D eigenvalue weighted by Gasteiger charge is -2.34. The summed E-state index contributed by atoms with van der Waals surface area (Å²) in [6, 6.07) is 0.119. The molecule has 1 heterocycles. The van der Waals surface area contributed by atoms with E-state index in [0.29, 0.717) is 13.1 Å². The lowest BCUT2D eigenvalue weighted by atomic mass is 9.93. The van der Waals surface area contributed by atoms with Gasteiger partial charge < -0.3 is 15.3 Å². The smallest absolute Gasteiger partial charge is 0.307 e. The van der Waals surface area contributed by atoms with Crippen molar-refractivity contribution >= 4 is 17.8 Å². The molecular formula is C13H22N2O4. The van der Waals surface area contributed by atoms with Gasteiger partial charge in [0.15, 0.2) is 0 Å². The molecule has 0 aromatic carbocycles. The summed E-state index contributed by atoms with van der Waals surface area (Å²) in [5.74, 6) is -2.32. The first-order valence-corrected chi connectivity index (χ1v) is 6.61. The van der Waals surface area contributed by atoms with Gasteiger partial charge in [-0.3, -0.25) is 14.4 Å². The van der Waals surface area contributed by atoms with Crippen LogP contribution in [0, 0.1) is 11.8 Å². The second kappa shape index (κ2) is 6.54. The fourth-order valence-electron chi connectivity index (χ4n) is 2.25. The van der Waals surface area contributed by atoms with E-state index in [1.807, 2.05) is 0 Å². The van der Waals surface area contributed by atoms with Gasteiger partial charge in [0.2, 0.25) is 11.8 Å². The second-order valence-electron chi connectivity index (χ2n) is 5.22. The highest BCUT2D eigenvalue weighted by molar-refractivity contribution is 5.84. The van der Waals surface area contributed by atoms with Crippen molar-refractivity contribution < 1.29 is 19.5 Å². The Bertz CT molecular complexity index is 362. The highest BCUT2D eigenvalue weighted by Gasteiger charge is 2.31. The average molecular weight is 270 g/mol. The summed E-state index contributed by atoms with van der Waals surface area (Å²) in [7, 11) is 0. The molecule has 6 nitrogen and oxygen atoms in total. The number of hydrogen-bond acceptors (Lipinski definition) is 3. The number of rotatable bonds is 4. The summed E-state index contributed by atoms with van der Waals surface area (Å²) in [5, 5.41) is 11.8. The first kappa shape index (κ1) is 15.5. The molecule has 0 aromatic heterocycles. The van der Waals surface area contributed by atoms with E-state index in [2.05, 4.69) is 5.32 Å². The van der Waals surface area contributed by atoms with Crippen LogP contribution in [0.25, 0.3) is 0 Å². The van der Waals surface area contributed by atoms with Gasteiger partial charge in [0, 0.05) is 32.0 Å². The normalized spacial score (nSPS) is 19.6. The topological polar surface area (TPSA) is 86.7 Å². The SMILES string of the molecule is CC(=O)NC1CCN(C(=O)C(C)C(C)C(=O)O)CC1. The van der Waals surface area contributed by atoms with Gasteiger partial charge in [-0.1, -0.05) is 13.8 Å². The van der Waals surface area contributed by atoms with Crippen LogP contribution in [0.1, 0.15) is 33.6 Å². The molecule has 2 N–H and O–H groups in total. The molecule has 0 aromatic rings. The molecule has 1 rings (SSSR count). The number of carboxylic acid groups (broad SMARTS) is 1. The number of hydrogen-bond donors (Lipinski definition) is 2. The molecule has 19 heavy (non-hydrogen) atoms. The minimum absolute atomic E-state index is 0.0577. The van der Waals surface area contributed by atoms with Crippen molar-refractivity contribution in [3.05, 3.63) is 0 Å². The van der Waals surface area contributed by atoms with Gasteiger partial charge in [0.1, 0.15) is 0 Å². The number of carbonyl (C=O) groups excluding carboxylic acids is 2. The molecule has 2 atom stereocenters. The largest absolute Gasteiger partial charge is 0.481 e. The van der Waals surface area contributed by atoms with Gasteiger partial charge in [-0.25, -0.2) is 0 Å². The second-order valence-corrected chi connectivity index (χ2v) is 5.22. The summed E-state index contributed by atoms with van der Waals surface area (Å²) < 4.78 is 0. The summed E-state index contributed by atoms with van der Waals surface area (Å²) >= 11 is 0. The van der Waals surface area contributed by atoms with Crippen molar-refractivity contribution in [3.63, 3.8) is 0 Å². The Hall–Kier alpha value is -1.59. The van der Waals surface area contributed by atoms with Crippen LogP contribution in [0.3, 0.4) is 0 Å². The van der Waals surface area contributed by atoms with Crippen LogP contribution in [-0.4, -0.2) is 46.9 Å². The van der Waals surface area contributed by atoms with E-state index >= 15 is 0 Å². The Kier molecular flexibility index (Phi) is 5.32. The molecule has 0 saturated carbocycles. The highest BCUT2D eigenvalue weighted by Crippen LogP contribution is 2.18. The molecule has 1 aliphatic rings. The maximum atomic E-state index is 12.1. The summed E-state index contributed by atoms with van der Waals surface area (Å²) in [5.41, 5.74) is 0. The Morgan fingerprint density at radius 1 is 1.16 bits per heavy atom. The quantitative estimate of drug-likeness (QED) is 0.777. The van der Waals surface area contributed by atoms with Gasteiger partial charge in [0.25, 0.3) is 0 Å². The minimum atomic E-state index is -0.950. The van der Waals surface area contributed by atoms with Gasteiger partial charge in [-0.15, -0.1) is 0 Å². The molecule has 108 valence electrons. The van der Waals surface area contributed by atoms with E-state index < -0.39 is 17.8 Å². The zero-order valence-corrected chi connectivity index (χ0v) is 11.7. The van der Waals surface area contributed by atoms with Crippen LogP contribution < -0.4 is 5.32 Å². The maximum absolute atomic E-state index is 12.1. The summed E-state index contributed by atoms with van der Waals surface area (Å²) in [4.78, 5) is 35.7. The molecule has 0 aliphatic carbocycles. The number of carbonyl (C=O) groups is 3. The van der Waals surface area contributed by atoms with Crippen LogP contribution in [0.15, 0.2) is 0 Å². The fraction of sp³-hybridized carbons (Fsp3) is 0.769. The van der Waals surface area contributed by atoms with E-state index in [1.165, 1.54) is 6.92 Å². The Morgan fingerprint density at radius 2 is 1.68 bits per heavy atom. The maximum Gasteiger partial charge on any atom is 0.307 e. The van der Waals surface area contributed by atoms with Crippen molar-refractivity contribution in [2.45, 2.75) is 39.7 Å². The fourth-order valence-corrected chi connectivity index (χ4v) is 2.25. The minimum Gasteiger partial charge on any atom is -0.481 e. The standard InChI is InChI=1S/C13H22N2O4/c1-8(9(2)13(18)19)12(17)15-6-4-11(5-7-15)14-10(3)16/h8-9,11H,4-7H2,1-3H3,(H,14,16)(H,18,19). The number of amides is 2. The van der Waals surface area contributed by atoms with E-state index in [-0.39, 0.29) is 17.9 Å². The predicted octanol–water partition coefficient (Wildman–Crippen LogP) is 0.470. The van der Waals surface area contributed by atoms with Crippen LogP contribution in [0.2, 0.25) is 0 Å². The van der Waals surface area contributed by atoms with Crippen LogP contribution >= 0.6 is 0 Å². The first-order chi connectivity index (χ1) is 8.82. The lowest BCUT2D eigenvalue weighted by Crippen LogP contribution is -2.48. The zero-order chi connectivity index (χ0) is 14.6. The summed E-state index contributed by atoms with van der Waals surface area (Å²) in [6.07, 6.45) is 1.44. The van der Waals surface area contributed by atoms with Crippen molar-refractivity contribution in [3.8, 4) is 0 Å². The van der Waals surface area contributed by atoms with E-state index in [0.717, 1.165) is 12.8 Å². The van der Waals surface area contributed by atoms with E-state index in [4.69, 9.17) is 5.11 Å². The molecule has 6 heteroatoms. The Balaban J connectivity index is 2.48. The third kappa shape index (κ3) is 4.22. The molecule has 0 bridgehead atoms. The summed E-state index contributed by atoms with van der Waals surface area (Å²) in [6.45, 7) is 5.82. The number of carboxylic acids is 1. The van der Waals surface area contributed by atoms with Crippen molar-refractivity contribution in [2.24, 2.45) is 11.8 Å². The average Bonchev–Trinajstić information content (AvgIpc) is 2.36. The predicted molar refractivity (Wildman–Crippen MR) is 69.4 cm³/mol. The third-order valence-corrected chi connectivity index (χ3v) is 3.74. The molecule has 1 saturated heterocycles. The number of piperidine rings is 1. The van der Waals surface area contributed by atoms with Gasteiger partial charge in [-0.05, 0) is 12.8 Å². The Labute approximate surface area is 113 Å². The van der Waals surface area contributed by atoms with Crippen LogP contribution in [-0.2, 0) is 14.4 Å². The Morgan fingerprint density at radius 3 is 2.11 bits per heavy atom. The number of nitrogens with one attached hydrogen (secondary N) is 1. The van der Waals surface area contributed by atoms with E-state index in [1.54, 1.807) is 18.7 Å². The van der Waals surface area contributed by atoms with E-state index in [9.17, 15) is 14.4 Å². The molecule has 2 unspecified atom stereocenters. The van der Waals surface area contributed by atoms with Crippen molar-refractivity contribution in [1.29, 1.82) is 0 Å². The van der Waals surface area contributed by atoms with Gasteiger partial charge in [0.05, 0.1) is 5.92 Å². The zero-order valence-electron chi connectivity index (χ0n) is 11.7. The third-order valence-electron chi connectivity index (χ3n) is 3.74. The van der Waals surface area contributed by atoms with Crippen molar-refractivity contribution in [2.75, 3.05) is 13.1 Å². The lowest BCUT2D eigenvalue weighted by molar-refractivity contribution is -0.149. The van der Waals surface area contributed by atoms with Gasteiger partial charge in [-0.2, -0.15) is 0 Å². The van der Waals surface area contributed by atoms with Crippen LogP contribution in [0.5, 0.6) is 0 Å². The molecule has 0 spiro atoms. The van der Waals surface area contributed by atoms with Gasteiger partial charge >= 0.3 is 5.97 Å². The monoisotopic (exact) mass is 270 g/mol. The molecule has 2 amide bonds. The number of nitrogens with zero attached hydrogens (tertiary/aromatic N) is 1. The molecule has 1 aliphatic heterocycles.